The highest BCUT2D eigenvalue weighted by atomic mass is 16.2. The molecular formula is C13H17N3O. The van der Waals surface area contributed by atoms with Gasteiger partial charge in [-0.25, -0.2) is 0 Å². The molecule has 0 aliphatic rings. The summed E-state index contributed by atoms with van der Waals surface area (Å²) in [5, 5.41) is 4.11. The molecule has 1 amide bonds. The van der Waals surface area contributed by atoms with E-state index in [1.807, 2.05) is 37.4 Å². The molecule has 0 saturated heterocycles. The molecule has 2 rings (SSSR count). The van der Waals surface area contributed by atoms with Crippen LogP contribution in [0.3, 0.4) is 0 Å². The van der Waals surface area contributed by atoms with Gasteiger partial charge >= 0.3 is 0 Å². The zero-order valence-electron chi connectivity index (χ0n) is 10.2. The molecule has 1 aromatic carbocycles. The Kier molecular flexibility index (Phi) is 3.44. The summed E-state index contributed by atoms with van der Waals surface area (Å²) in [4.78, 5) is 16.7. The van der Waals surface area contributed by atoms with E-state index in [4.69, 9.17) is 0 Å². The summed E-state index contributed by atoms with van der Waals surface area (Å²) in [6.07, 6.45) is 1.87. The first kappa shape index (κ1) is 11.7. The van der Waals surface area contributed by atoms with Crippen LogP contribution in [0, 0.1) is 0 Å². The van der Waals surface area contributed by atoms with Crippen molar-refractivity contribution in [2.75, 3.05) is 25.0 Å². The van der Waals surface area contributed by atoms with Gasteiger partial charge in [0, 0.05) is 24.1 Å². The van der Waals surface area contributed by atoms with Crippen LogP contribution in [-0.2, 0) is 4.79 Å². The molecule has 0 spiro atoms. The normalized spacial score (nSPS) is 10.7. The van der Waals surface area contributed by atoms with E-state index in [1.54, 1.807) is 11.9 Å². The van der Waals surface area contributed by atoms with Crippen molar-refractivity contribution in [1.29, 1.82) is 0 Å². The third-order valence-corrected chi connectivity index (χ3v) is 2.83. The fourth-order valence-corrected chi connectivity index (χ4v) is 1.82. The standard InChI is InChI=1S/C13H17N3O/c1-3-14-9-13(17)16(2)12-8-15-11-7-5-4-6-10(11)12/h4-8,14-15H,3,9H2,1-2H3. The molecule has 0 bridgehead atoms. The van der Waals surface area contributed by atoms with E-state index in [2.05, 4.69) is 10.3 Å². The lowest BCUT2D eigenvalue weighted by Gasteiger charge is -2.16. The van der Waals surface area contributed by atoms with Crippen molar-refractivity contribution >= 4 is 22.5 Å². The fourth-order valence-electron chi connectivity index (χ4n) is 1.82. The lowest BCUT2D eigenvalue weighted by atomic mass is 10.2. The molecule has 0 aliphatic heterocycles. The van der Waals surface area contributed by atoms with Gasteiger partial charge in [-0.3, -0.25) is 4.79 Å². The molecule has 0 aliphatic carbocycles. The molecule has 1 aromatic heterocycles. The van der Waals surface area contributed by atoms with Crippen molar-refractivity contribution in [2.45, 2.75) is 6.92 Å². The van der Waals surface area contributed by atoms with Crippen molar-refractivity contribution in [2.24, 2.45) is 0 Å². The van der Waals surface area contributed by atoms with Crippen LogP contribution in [0.25, 0.3) is 10.9 Å². The van der Waals surface area contributed by atoms with Crippen LogP contribution in [0.5, 0.6) is 0 Å². The molecule has 4 heteroatoms. The van der Waals surface area contributed by atoms with Gasteiger partial charge in [0.1, 0.15) is 0 Å². The summed E-state index contributed by atoms with van der Waals surface area (Å²) in [7, 11) is 1.80. The number of carbonyl (C=O) groups is 1. The van der Waals surface area contributed by atoms with E-state index >= 15 is 0 Å². The van der Waals surface area contributed by atoms with E-state index in [-0.39, 0.29) is 5.91 Å². The maximum atomic E-state index is 11.9. The fraction of sp³-hybridized carbons (Fsp3) is 0.308. The zero-order chi connectivity index (χ0) is 12.3. The van der Waals surface area contributed by atoms with E-state index in [9.17, 15) is 4.79 Å². The van der Waals surface area contributed by atoms with Crippen molar-refractivity contribution in [3.05, 3.63) is 30.5 Å². The van der Waals surface area contributed by atoms with Crippen LogP contribution >= 0.6 is 0 Å². The molecule has 0 unspecified atom stereocenters. The minimum absolute atomic E-state index is 0.0663. The van der Waals surface area contributed by atoms with Gasteiger partial charge in [0.2, 0.25) is 5.91 Å². The summed E-state index contributed by atoms with van der Waals surface area (Å²) in [5.41, 5.74) is 1.97. The Balaban J connectivity index is 2.24. The highest BCUT2D eigenvalue weighted by Crippen LogP contribution is 2.25. The number of likely N-dealkylation sites (N-methyl/N-ethyl adjacent to an activating group) is 2. The smallest absolute Gasteiger partial charge is 0.240 e. The number of anilines is 1. The summed E-state index contributed by atoms with van der Waals surface area (Å²) in [6.45, 7) is 3.15. The van der Waals surface area contributed by atoms with E-state index < -0.39 is 0 Å². The van der Waals surface area contributed by atoms with Crippen LogP contribution in [0.2, 0.25) is 0 Å². The third kappa shape index (κ3) is 2.31. The van der Waals surface area contributed by atoms with Gasteiger partial charge in [0.05, 0.1) is 12.2 Å². The van der Waals surface area contributed by atoms with Gasteiger partial charge in [-0.05, 0) is 12.6 Å². The summed E-state index contributed by atoms with van der Waals surface area (Å²) >= 11 is 0. The lowest BCUT2D eigenvalue weighted by Crippen LogP contribution is -2.35. The van der Waals surface area contributed by atoms with Crippen molar-refractivity contribution in [3.8, 4) is 0 Å². The third-order valence-electron chi connectivity index (χ3n) is 2.83. The first-order valence-electron chi connectivity index (χ1n) is 5.77. The Morgan fingerprint density at radius 3 is 2.94 bits per heavy atom. The Bertz CT molecular complexity index is 518. The van der Waals surface area contributed by atoms with Gasteiger partial charge in [0.25, 0.3) is 0 Å². The predicted octanol–water partition coefficient (Wildman–Crippen LogP) is 1.74. The second-order valence-electron chi connectivity index (χ2n) is 3.95. The molecule has 2 aromatic rings. The minimum atomic E-state index is 0.0663. The lowest BCUT2D eigenvalue weighted by molar-refractivity contribution is -0.117. The Hall–Kier alpha value is -1.81. The number of H-pyrrole nitrogens is 1. The summed E-state index contributed by atoms with van der Waals surface area (Å²) in [5.74, 6) is 0.0663. The van der Waals surface area contributed by atoms with Gasteiger partial charge in [-0.15, -0.1) is 0 Å². The number of nitrogens with zero attached hydrogens (tertiary/aromatic N) is 1. The number of nitrogens with one attached hydrogen (secondary N) is 2. The molecule has 0 radical (unpaired) electrons. The number of aromatic nitrogens is 1. The predicted molar refractivity (Wildman–Crippen MR) is 70.3 cm³/mol. The molecule has 0 saturated carbocycles. The van der Waals surface area contributed by atoms with E-state index in [0.717, 1.165) is 23.1 Å². The van der Waals surface area contributed by atoms with Crippen LogP contribution in [0.1, 0.15) is 6.92 Å². The molecule has 90 valence electrons. The maximum Gasteiger partial charge on any atom is 0.240 e. The first-order valence-corrected chi connectivity index (χ1v) is 5.77. The molecule has 17 heavy (non-hydrogen) atoms. The molecule has 2 N–H and O–H groups in total. The largest absolute Gasteiger partial charge is 0.359 e. The zero-order valence-corrected chi connectivity index (χ0v) is 10.2. The second kappa shape index (κ2) is 5.01. The highest BCUT2D eigenvalue weighted by Gasteiger charge is 2.13. The van der Waals surface area contributed by atoms with Crippen LogP contribution in [-0.4, -0.2) is 31.0 Å². The van der Waals surface area contributed by atoms with Crippen LogP contribution in [0.15, 0.2) is 30.5 Å². The number of hydrogen-bond donors (Lipinski definition) is 2. The van der Waals surface area contributed by atoms with E-state index in [1.165, 1.54) is 0 Å². The maximum absolute atomic E-state index is 11.9. The highest BCUT2D eigenvalue weighted by molar-refractivity contribution is 6.03. The van der Waals surface area contributed by atoms with Crippen molar-refractivity contribution in [3.63, 3.8) is 0 Å². The number of para-hydroxylation sites is 1. The number of carbonyl (C=O) groups excluding carboxylic acids is 1. The first-order chi connectivity index (χ1) is 8.24. The quantitative estimate of drug-likeness (QED) is 0.842. The average Bonchev–Trinajstić information content (AvgIpc) is 2.78. The second-order valence-corrected chi connectivity index (χ2v) is 3.95. The van der Waals surface area contributed by atoms with Crippen molar-refractivity contribution < 1.29 is 4.79 Å². The minimum Gasteiger partial charge on any atom is -0.359 e. The molecule has 0 atom stereocenters. The Labute approximate surface area is 101 Å². The summed E-state index contributed by atoms with van der Waals surface area (Å²) < 4.78 is 0. The number of amides is 1. The molecule has 4 nitrogen and oxygen atoms in total. The number of benzene rings is 1. The van der Waals surface area contributed by atoms with E-state index in [0.29, 0.717) is 6.54 Å². The van der Waals surface area contributed by atoms with Crippen molar-refractivity contribution in [1.82, 2.24) is 10.3 Å². The molecular weight excluding hydrogens is 214 g/mol. The monoisotopic (exact) mass is 231 g/mol. The average molecular weight is 231 g/mol. The SMILES string of the molecule is CCNCC(=O)N(C)c1c[nH]c2ccccc12. The van der Waals surface area contributed by atoms with Gasteiger partial charge < -0.3 is 15.2 Å². The molecule has 1 heterocycles. The van der Waals surface area contributed by atoms with Gasteiger partial charge in [-0.2, -0.15) is 0 Å². The summed E-state index contributed by atoms with van der Waals surface area (Å²) in [6, 6.07) is 7.96. The van der Waals surface area contributed by atoms with Crippen LogP contribution < -0.4 is 10.2 Å². The van der Waals surface area contributed by atoms with Gasteiger partial charge in [0.15, 0.2) is 0 Å². The number of aromatic amines is 1. The number of fused-ring (bicyclic) bond motifs is 1. The number of rotatable bonds is 4. The molecule has 0 fully saturated rings. The van der Waals surface area contributed by atoms with Gasteiger partial charge in [-0.1, -0.05) is 25.1 Å². The number of hydrogen-bond acceptors (Lipinski definition) is 2. The topological polar surface area (TPSA) is 48.1 Å². The Morgan fingerprint density at radius 1 is 1.41 bits per heavy atom. The Morgan fingerprint density at radius 2 is 2.18 bits per heavy atom. The van der Waals surface area contributed by atoms with Crippen LogP contribution in [0.4, 0.5) is 5.69 Å².